The van der Waals surface area contributed by atoms with Crippen LogP contribution in [0.5, 0.6) is 5.75 Å². The van der Waals surface area contributed by atoms with Gasteiger partial charge in [0.2, 0.25) is 0 Å². The van der Waals surface area contributed by atoms with Gasteiger partial charge in [-0.1, -0.05) is 18.2 Å². The second-order valence-corrected chi connectivity index (χ2v) is 2.61. The van der Waals surface area contributed by atoms with Gasteiger partial charge in [-0.3, -0.25) is 4.79 Å². The molecule has 2 nitrogen and oxygen atoms in total. The molecule has 1 rings (SSSR count). The molecular weight excluding hydrogens is 164 g/mol. The molecule has 0 aliphatic heterocycles. The Bertz CT molecular complexity index is 327. The molecule has 0 aliphatic carbocycles. The Morgan fingerprint density at radius 3 is 2.62 bits per heavy atom. The molecule has 68 valence electrons. The maximum Gasteiger partial charge on any atom is 0.150 e. The van der Waals surface area contributed by atoms with Crippen LogP contribution in [0.25, 0.3) is 6.08 Å². The van der Waals surface area contributed by atoms with E-state index in [2.05, 4.69) is 0 Å². The van der Waals surface area contributed by atoms with Gasteiger partial charge in [0.1, 0.15) is 5.75 Å². The number of methoxy groups -OCH3 is 1. The van der Waals surface area contributed by atoms with Crippen molar-refractivity contribution in [2.45, 2.75) is 6.92 Å². The van der Waals surface area contributed by atoms with Gasteiger partial charge in [0.05, 0.1) is 7.11 Å². The lowest BCUT2D eigenvalue weighted by Crippen LogP contribution is -1.89. The third-order valence-electron chi connectivity index (χ3n) is 1.77. The topological polar surface area (TPSA) is 26.3 Å². The molecule has 0 fully saturated rings. The summed E-state index contributed by atoms with van der Waals surface area (Å²) in [6.07, 6.45) is 4.62. The van der Waals surface area contributed by atoms with Crippen molar-refractivity contribution >= 4 is 12.4 Å². The highest BCUT2D eigenvalue weighted by molar-refractivity contribution is 5.82. The van der Waals surface area contributed by atoms with Crippen molar-refractivity contribution in [3.8, 4) is 5.75 Å². The molecule has 0 amide bonds. The van der Waals surface area contributed by atoms with Crippen molar-refractivity contribution in [3.63, 3.8) is 0 Å². The van der Waals surface area contributed by atoms with Gasteiger partial charge in [0.25, 0.3) is 0 Å². The van der Waals surface area contributed by atoms with Gasteiger partial charge < -0.3 is 4.74 Å². The summed E-state index contributed by atoms with van der Waals surface area (Å²) in [6, 6.07) is 5.42. The van der Waals surface area contributed by atoms with Crippen LogP contribution in [-0.2, 0) is 0 Å². The summed E-state index contributed by atoms with van der Waals surface area (Å²) >= 11 is 0. The van der Waals surface area contributed by atoms with E-state index in [9.17, 15) is 4.79 Å². The fraction of sp³-hybridized carbons (Fsp3) is 0.182. The summed E-state index contributed by atoms with van der Waals surface area (Å²) in [7, 11) is 1.58. The van der Waals surface area contributed by atoms with Crippen molar-refractivity contribution < 1.29 is 9.53 Å². The Morgan fingerprint density at radius 1 is 1.31 bits per heavy atom. The standard InChI is InChI=1S/C11H12O2/c1-3-4-9-5-6-11(13-2)7-10(9)8-12/h3-8H,1-2H3/b4-3+. The Hall–Kier alpha value is -1.57. The molecular formula is C11H12O2. The molecule has 0 heterocycles. The monoisotopic (exact) mass is 176 g/mol. The average Bonchev–Trinajstić information content (AvgIpc) is 2.19. The molecule has 0 aromatic heterocycles. The van der Waals surface area contributed by atoms with Crippen molar-refractivity contribution in [1.29, 1.82) is 0 Å². The van der Waals surface area contributed by atoms with E-state index in [1.165, 1.54) is 0 Å². The SMILES string of the molecule is C/C=C/c1ccc(OC)cc1C=O. The van der Waals surface area contributed by atoms with Crippen LogP contribution in [-0.4, -0.2) is 13.4 Å². The molecule has 1 aromatic carbocycles. The number of hydrogen-bond donors (Lipinski definition) is 0. The number of aldehydes is 1. The van der Waals surface area contributed by atoms with E-state index in [1.54, 1.807) is 13.2 Å². The smallest absolute Gasteiger partial charge is 0.150 e. The number of ether oxygens (including phenoxy) is 1. The van der Waals surface area contributed by atoms with Crippen molar-refractivity contribution in [2.75, 3.05) is 7.11 Å². The number of hydrogen-bond acceptors (Lipinski definition) is 2. The third-order valence-corrected chi connectivity index (χ3v) is 1.77. The minimum Gasteiger partial charge on any atom is -0.497 e. The molecule has 0 aliphatic rings. The quantitative estimate of drug-likeness (QED) is 0.661. The van der Waals surface area contributed by atoms with Gasteiger partial charge in [-0.05, 0) is 24.6 Å². The minimum absolute atomic E-state index is 0.650. The highest BCUT2D eigenvalue weighted by Crippen LogP contribution is 2.17. The Labute approximate surface area is 77.8 Å². The summed E-state index contributed by atoms with van der Waals surface area (Å²) in [5.74, 6) is 0.704. The van der Waals surface area contributed by atoms with Crippen molar-refractivity contribution in [3.05, 3.63) is 35.4 Å². The first-order chi connectivity index (χ1) is 6.31. The van der Waals surface area contributed by atoms with E-state index < -0.39 is 0 Å². The molecule has 0 radical (unpaired) electrons. The lowest BCUT2D eigenvalue weighted by molar-refractivity contribution is 0.112. The number of rotatable bonds is 3. The van der Waals surface area contributed by atoms with Gasteiger partial charge in [-0.15, -0.1) is 0 Å². The number of carbonyl (C=O) groups is 1. The molecule has 0 atom stereocenters. The van der Waals surface area contributed by atoms with E-state index in [0.29, 0.717) is 11.3 Å². The second-order valence-electron chi connectivity index (χ2n) is 2.61. The van der Waals surface area contributed by atoms with Gasteiger partial charge in [0, 0.05) is 5.56 Å². The Kier molecular flexibility index (Phi) is 3.26. The maximum absolute atomic E-state index is 10.7. The summed E-state index contributed by atoms with van der Waals surface area (Å²) < 4.78 is 5.01. The third kappa shape index (κ3) is 2.18. The van der Waals surface area contributed by atoms with Gasteiger partial charge >= 0.3 is 0 Å². The first-order valence-electron chi connectivity index (χ1n) is 4.07. The number of carbonyl (C=O) groups excluding carboxylic acids is 1. The van der Waals surface area contributed by atoms with Gasteiger partial charge in [-0.25, -0.2) is 0 Å². The highest BCUT2D eigenvalue weighted by atomic mass is 16.5. The van der Waals surface area contributed by atoms with E-state index >= 15 is 0 Å². The van der Waals surface area contributed by atoms with Crippen LogP contribution in [0.2, 0.25) is 0 Å². The zero-order valence-electron chi connectivity index (χ0n) is 7.78. The largest absolute Gasteiger partial charge is 0.497 e. The van der Waals surface area contributed by atoms with E-state index in [1.807, 2.05) is 31.2 Å². The molecule has 0 bridgehead atoms. The van der Waals surface area contributed by atoms with E-state index in [0.717, 1.165) is 11.8 Å². The Balaban J connectivity index is 3.15. The second kappa shape index (κ2) is 4.45. The number of allylic oxidation sites excluding steroid dienone is 1. The lowest BCUT2D eigenvalue weighted by atomic mass is 10.1. The van der Waals surface area contributed by atoms with Crippen LogP contribution < -0.4 is 4.74 Å². The van der Waals surface area contributed by atoms with Crippen LogP contribution in [0.1, 0.15) is 22.8 Å². The summed E-state index contributed by atoms with van der Waals surface area (Å²) in [6.45, 7) is 1.92. The summed E-state index contributed by atoms with van der Waals surface area (Å²) in [5.41, 5.74) is 1.57. The molecule has 0 spiro atoms. The first kappa shape index (κ1) is 9.52. The van der Waals surface area contributed by atoms with Crippen LogP contribution in [0.3, 0.4) is 0 Å². The van der Waals surface area contributed by atoms with Gasteiger partial charge in [-0.2, -0.15) is 0 Å². The summed E-state index contributed by atoms with van der Waals surface area (Å²) in [5, 5.41) is 0. The summed E-state index contributed by atoms with van der Waals surface area (Å²) in [4.78, 5) is 10.7. The normalized spacial score (nSPS) is 10.3. The molecule has 0 saturated carbocycles. The maximum atomic E-state index is 10.7. The predicted molar refractivity (Wildman–Crippen MR) is 53.1 cm³/mol. The predicted octanol–water partition coefficient (Wildman–Crippen LogP) is 2.54. The van der Waals surface area contributed by atoms with Crippen molar-refractivity contribution in [2.24, 2.45) is 0 Å². The molecule has 0 saturated heterocycles. The lowest BCUT2D eigenvalue weighted by Gasteiger charge is -2.02. The number of benzene rings is 1. The van der Waals surface area contributed by atoms with Crippen molar-refractivity contribution in [1.82, 2.24) is 0 Å². The molecule has 0 unspecified atom stereocenters. The first-order valence-corrected chi connectivity index (χ1v) is 4.07. The van der Waals surface area contributed by atoms with Crippen LogP contribution in [0.4, 0.5) is 0 Å². The molecule has 2 heteroatoms. The minimum atomic E-state index is 0.650. The van der Waals surface area contributed by atoms with Gasteiger partial charge in [0.15, 0.2) is 6.29 Å². The van der Waals surface area contributed by atoms with E-state index in [-0.39, 0.29) is 0 Å². The van der Waals surface area contributed by atoms with Crippen LogP contribution in [0.15, 0.2) is 24.3 Å². The fourth-order valence-electron chi connectivity index (χ4n) is 1.11. The zero-order chi connectivity index (χ0) is 9.68. The average molecular weight is 176 g/mol. The highest BCUT2D eigenvalue weighted by Gasteiger charge is 1.99. The Morgan fingerprint density at radius 2 is 2.08 bits per heavy atom. The fourth-order valence-corrected chi connectivity index (χ4v) is 1.11. The molecule has 13 heavy (non-hydrogen) atoms. The van der Waals surface area contributed by atoms with Crippen LogP contribution >= 0.6 is 0 Å². The zero-order valence-corrected chi connectivity index (χ0v) is 7.78. The molecule has 1 aromatic rings. The van der Waals surface area contributed by atoms with Crippen LogP contribution in [0, 0.1) is 0 Å². The molecule has 0 N–H and O–H groups in total. The van der Waals surface area contributed by atoms with E-state index in [4.69, 9.17) is 4.74 Å².